The second kappa shape index (κ2) is 5.42. The Bertz CT molecular complexity index is 677. The summed E-state index contributed by atoms with van der Waals surface area (Å²) >= 11 is 5.74. The molecule has 0 spiro atoms. The van der Waals surface area contributed by atoms with Gasteiger partial charge in [0.1, 0.15) is 5.82 Å². The molecule has 94 valence electrons. The van der Waals surface area contributed by atoms with Gasteiger partial charge in [-0.2, -0.15) is 0 Å². The van der Waals surface area contributed by atoms with E-state index in [0.717, 1.165) is 11.3 Å². The van der Waals surface area contributed by atoms with Crippen LogP contribution in [-0.2, 0) is 0 Å². The molecular weight excluding hydrogens is 264 g/mol. The van der Waals surface area contributed by atoms with E-state index in [-0.39, 0.29) is 10.6 Å². The average molecular weight is 273 g/mol. The number of hydrogen-bond acceptors (Lipinski definition) is 3. The first-order chi connectivity index (χ1) is 9.10. The highest BCUT2D eigenvalue weighted by atomic mass is 35.5. The quantitative estimate of drug-likeness (QED) is 0.843. The van der Waals surface area contributed by atoms with Gasteiger partial charge in [-0.15, -0.1) is 6.42 Å². The first-order valence-electron chi connectivity index (χ1n) is 5.32. The van der Waals surface area contributed by atoms with Crippen molar-refractivity contribution >= 4 is 29.1 Å². The zero-order chi connectivity index (χ0) is 13.8. The second-order valence-electron chi connectivity index (χ2n) is 3.70. The first-order valence-corrected chi connectivity index (χ1v) is 5.70. The lowest BCUT2D eigenvalue weighted by Gasteiger charge is -2.07. The van der Waals surface area contributed by atoms with E-state index in [1.165, 1.54) is 12.3 Å². The van der Waals surface area contributed by atoms with Crippen LogP contribution in [-0.4, -0.2) is 16.1 Å². The number of terminal acetylenes is 1. The van der Waals surface area contributed by atoms with Crippen molar-refractivity contribution in [1.29, 1.82) is 0 Å². The van der Waals surface area contributed by atoms with Crippen molar-refractivity contribution in [2.24, 2.45) is 0 Å². The molecule has 0 saturated carbocycles. The number of nitrogens with one attached hydrogen (secondary N) is 1. The Morgan fingerprint density at radius 1 is 1.42 bits per heavy atom. The van der Waals surface area contributed by atoms with Crippen LogP contribution in [0.1, 0.15) is 15.9 Å². The Morgan fingerprint density at radius 2 is 2.21 bits per heavy atom. The molecule has 0 saturated heterocycles. The van der Waals surface area contributed by atoms with Crippen LogP contribution in [0.25, 0.3) is 0 Å². The fourth-order valence-corrected chi connectivity index (χ4v) is 1.69. The molecule has 2 aromatic rings. The van der Waals surface area contributed by atoms with E-state index in [1.54, 1.807) is 24.3 Å². The zero-order valence-electron chi connectivity index (χ0n) is 9.72. The maximum absolute atomic E-state index is 11.0. The molecule has 1 heterocycles. The summed E-state index contributed by atoms with van der Waals surface area (Å²) in [5, 5.41) is 12.0. The fraction of sp³-hybridized carbons (Fsp3) is 0. The van der Waals surface area contributed by atoms with Crippen molar-refractivity contribution in [3.63, 3.8) is 0 Å². The smallest absolute Gasteiger partial charge is 0.337 e. The fourth-order valence-electron chi connectivity index (χ4n) is 1.51. The Labute approximate surface area is 115 Å². The molecule has 0 amide bonds. The third-order valence-corrected chi connectivity index (χ3v) is 2.69. The largest absolute Gasteiger partial charge is 0.478 e. The molecule has 5 heteroatoms. The number of anilines is 2. The molecule has 0 aliphatic rings. The van der Waals surface area contributed by atoms with Gasteiger partial charge in [-0.3, -0.25) is 0 Å². The van der Waals surface area contributed by atoms with Crippen molar-refractivity contribution in [3.05, 3.63) is 52.7 Å². The monoisotopic (exact) mass is 272 g/mol. The highest BCUT2D eigenvalue weighted by Gasteiger charge is 2.10. The highest BCUT2D eigenvalue weighted by Crippen LogP contribution is 2.21. The third kappa shape index (κ3) is 3.03. The Kier molecular flexibility index (Phi) is 3.69. The third-order valence-electron chi connectivity index (χ3n) is 2.39. The molecule has 0 unspecified atom stereocenters. The molecule has 1 aromatic heterocycles. The highest BCUT2D eigenvalue weighted by molar-refractivity contribution is 6.33. The number of carboxylic acids is 1. The maximum Gasteiger partial charge on any atom is 0.337 e. The van der Waals surface area contributed by atoms with Gasteiger partial charge in [0.25, 0.3) is 0 Å². The van der Waals surface area contributed by atoms with Crippen LogP contribution in [0, 0.1) is 12.3 Å². The summed E-state index contributed by atoms with van der Waals surface area (Å²) < 4.78 is 0. The van der Waals surface area contributed by atoms with E-state index < -0.39 is 5.97 Å². The SMILES string of the molecule is C#Cc1cccc(Nc2cc(C(=O)O)c(Cl)cn2)c1. The molecule has 0 aliphatic carbocycles. The van der Waals surface area contributed by atoms with E-state index in [1.807, 2.05) is 0 Å². The van der Waals surface area contributed by atoms with Crippen molar-refractivity contribution < 1.29 is 9.90 Å². The topological polar surface area (TPSA) is 62.2 Å². The molecule has 0 atom stereocenters. The maximum atomic E-state index is 11.0. The number of halogens is 1. The lowest BCUT2D eigenvalue weighted by Crippen LogP contribution is -2.01. The molecule has 0 radical (unpaired) electrons. The van der Waals surface area contributed by atoms with Gasteiger partial charge in [0.15, 0.2) is 0 Å². The molecule has 1 aromatic carbocycles. The molecule has 0 bridgehead atoms. The Balaban J connectivity index is 2.31. The van der Waals surface area contributed by atoms with E-state index in [2.05, 4.69) is 16.2 Å². The van der Waals surface area contributed by atoms with Gasteiger partial charge in [-0.1, -0.05) is 23.6 Å². The summed E-state index contributed by atoms with van der Waals surface area (Å²) in [5.41, 5.74) is 1.44. The van der Waals surface area contributed by atoms with Gasteiger partial charge in [0, 0.05) is 17.4 Å². The molecule has 19 heavy (non-hydrogen) atoms. The van der Waals surface area contributed by atoms with E-state index in [0.29, 0.717) is 5.82 Å². The number of carbonyl (C=O) groups is 1. The number of pyridine rings is 1. The van der Waals surface area contributed by atoms with Crippen LogP contribution >= 0.6 is 11.6 Å². The average Bonchev–Trinajstić information content (AvgIpc) is 2.41. The number of aromatic nitrogens is 1. The predicted molar refractivity (Wildman–Crippen MR) is 73.9 cm³/mol. The van der Waals surface area contributed by atoms with E-state index in [9.17, 15) is 4.79 Å². The molecule has 4 nitrogen and oxygen atoms in total. The van der Waals surface area contributed by atoms with Gasteiger partial charge < -0.3 is 10.4 Å². The van der Waals surface area contributed by atoms with E-state index >= 15 is 0 Å². The van der Waals surface area contributed by atoms with Gasteiger partial charge in [-0.05, 0) is 24.3 Å². The van der Waals surface area contributed by atoms with Crippen LogP contribution in [0.5, 0.6) is 0 Å². The van der Waals surface area contributed by atoms with Crippen LogP contribution in [0.4, 0.5) is 11.5 Å². The molecule has 0 fully saturated rings. The minimum absolute atomic E-state index is 0.00716. The summed E-state index contributed by atoms with van der Waals surface area (Å²) in [6.45, 7) is 0. The summed E-state index contributed by atoms with van der Waals surface area (Å²) in [4.78, 5) is 15.0. The number of rotatable bonds is 3. The number of carboxylic acid groups (broad SMARTS) is 1. The second-order valence-corrected chi connectivity index (χ2v) is 4.11. The standard InChI is InChI=1S/C14H9ClN2O2/c1-2-9-4-3-5-10(6-9)17-13-7-11(14(18)19)12(15)8-16-13/h1,3-8H,(H,16,17)(H,18,19). The minimum atomic E-state index is -1.10. The van der Waals surface area contributed by atoms with Crippen molar-refractivity contribution in [3.8, 4) is 12.3 Å². The van der Waals surface area contributed by atoms with Crippen LogP contribution in [0.3, 0.4) is 0 Å². The normalized spacial score (nSPS) is 9.68. The summed E-state index contributed by atoms with van der Waals surface area (Å²) in [6.07, 6.45) is 6.60. The summed E-state index contributed by atoms with van der Waals surface area (Å²) in [5.74, 6) is 1.80. The summed E-state index contributed by atoms with van der Waals surface area (Å²) in [6, 6.07) is 8.52. The van der Waals surface area contributed by atoms with Crippen LogP contribution in [0.2, 0.25) is 5.02 Å². The van der Waals surface area contributed by atoms with Crippen LogP contribution < -0.4 is 5.32 Å². The molecule has 2 N–H and O–H groups in total. The number of aromatic carboxylic acids is 1. The zero-order valence-corrected chi connectivity index (χ0v) is 10.5. The first kappa shape index (κ1) is 12.9. The van der Waals surface area contributed by atoms with Crippen LogP contribution in [0.15, 0.2) is 36.5 Å². The van der Waals surface area contributed by atoms with Gasteiger partial charge in [-0.25, -0.2) is 9.78 Å². The Hall–Kier alpha value is -2.51. The lowest BCUT2D eigenvalue weighted by molar-refractivity contribution is 0.0697. The van der Waals surface area contributed by atoms with E-state index in [4.69, 9.17) is 23.1 Å². The summed E-state index contributed by atoms with van der Waals surface area (Å²) in [7, 11) is 0. The van der Waals surface area contributed by atoms with Gasteiger partial charge in [0.2, 0.25) is 0 Å². The number of nitrogens with zero attached hydrogens (tertiary/aromatic N) is 1. The van der Waals surface area contributed by atoms with Gasteiger partial charge in [0.05, 0.1) is 10.6 Å². The number of hydrogen-bond donors (Lipinski definition) is 2. The Morgan fingerprint density at radius 3 is 2.89 bits per heavy atom. The van der Waals surface area contributed by atoms with Crippen molar-refractivity contribution in [2.75, 3.05) is 5.32 Å². The minimum Gasteiger partial charge on any atom is -0.478 e. The van der Waals surface area contributed by atoms with Crippen molar-refractivity contribution in [1.82, 2.24) is 4.98 Å². The molecule has 0 aliphatic heterocycles. The lowest BCUT2D eigenvalue weighted by atomic mass is 10.2. The van der Waals surface area contributed by atoms with Crippen molar-refractivity contribution in [2.45, 2.75) is 0 Å². The predicted octanol–water partition coefficient (Wildman–Crippen LogP) is 3.16. The van der Waals surface area contributed by atoms with Gasteiger partial charge >= 0.3 is 5.97 Å². The molecular formula is C14H9ClN2O2. The molecule has 2 rings (SSSR count). The number of benzene rings is 1.